The van der Waals surface area contributed by atoms with Gasteiger partial charge >= 0.3 is 0 Å². The molecule has 72 valence electrons. The number of nitrogens with zero attached hydrogens (tertiary/aromatic N) is 4. The van der Waals surface area contributed by atoms with Crippen molar-refractivity contribution in [1.82, 2.24) is 14.6 Å². The molecule has 0 aliphatic carbocycles. The molecule has 0 atom stereocenters. The Morgan fingerprint density at radius 2 is 2.36 bits per heavy atom. The number of nitrogens with two attached hydrogens (primary N) is 1. The van der Waals surface area contributed by atoms with E-state index < -0.39 is 0 Å². The third-order valence-electron chi connectivity index (χ3n) is 1.84. The fourth-order valence-corrected chi connectivity index (χ4v) is 1.20. The van der Waals surface area contributed by atoms with Crippen LogP contribution in [-0.2, 0) is 0 Å². The van der Waals surface area contributed by atoms with E-state index in [9.17, 15) is 0 Å². The van der Waals surface area contributed by atoms with Crippen molar-refractivity contribution in [3.63, 3.8) is 0 Å². The SMILES string of the molecule is Cc1nc2ccc(/C(N)=N\O)cn2n1. The van der Waals surface area contributed by atoms with Crippen LogP contribution in [-0.4, -0.2) is 25.6 Å². The number of oxime groups is 1. The van der Waals surface area contributed by atoms with E-state index in [0.29, 0.717) is 11.4 Å². The fourth-order valence-electron chi connectivity index (χ4n) is 1.20. The van der Waals surface area contributed by atoms with Gasteiger partial charge in [-0.15, -0.1) is 0 Å². The van der Waals surface area contributed by atoms with Crippen LogP contribution >= 0.6 is 0 Å². The first-order chi connectivity index (χ1) is 6.70. The molecule has 3 N–H and O–H groups in total. The monoisotopic (exact) mass is 191 g/mol. The van der Waals surface area contributed by atoms with Crippen molar-refractivity contribution in [2.24, 2.45) is 10.9 Å². The van der Waals surface area contributed by atoms with Crippen LogP contribution in [0.1, 0.15) is 11.4 Å². The predicted octanol–water partition coefficient (Wildman–Crippen LogP) is 0.132. The average molecular weight is 191 g/mol. The average Bonchev–Trinajstić information content (AvgIpc) is 2.55. The minimum Gasteiger partial charge on any atom is -0.409 e. The molecule has 0 saturated carbocycles. The maximum absolute atomic E-state index is 8.48. The molecule has 2 aromatic rings. The molecule has 0 aromatic carbocycles. The Morgan fingerprint density at radius 3 is 3.07 bits per heavy atom. The molecule has 0 bridgehead atoms. The Balaban J connectivity index is 2.61. The summed E-state index contributed by atoms with van der Waals surface area (Å²) < 4.78 is 1.59. The highest BCUT2D eigenvalue weighted by molar-refractivity contribution is 5.96. The normalized spacial score (nSPS) is 12.2. The van der Waals surface area contributed by atoms with Gasteiger partial charge in [0.1, 0.15) is 5.82 Å². The van der Waals surface area contributed by atoms with Gasteiger partial charge in [-0.25, -0.2) is 9.50 Å². The molecule has 0 radical (unpaired) electrons. The van der Waals surface area contributed by atoms with Gasteiger partial charge in [-0.2, -0.15) is 5.10 Å². The maximum Gasteiger partial charge on any atom is 0.171 e. The van der Waals surface area contributed by atoms with E-state index in [-0.39, 0.29) is 5.84 Å². The molecule has 6 nitrogen and oxygen atoms in total. The zero-order valence-electron chi connectivity index (χ0n) is 7.55. The number of fused-ring (bicyclic) bond motifs is 1. The zero-order chi connectivity index (χ0) is 10.1. The van der Waals surface area contributed by atoms with Crippen LogP contribution in [0.2, 0.25) is 0 Å². The lowest BCUT2D eigenvalue weighted by Crippen LogP contribution is -2.13. The number of hydrogen-bond acceptors (Lipinski definition) is 4. The van der Waals surface area contributed by atoms with Gasteiger partial charge in [0.05, 0.1) is 0 Å². The first-order valence-electron chi connectivity index (χ1n) is 4.01. The third kappa shape index (κ3) is 1.26. The number of amidine groups is 1. The molecule has 6 heteroatoms. The molecule has 2 rings (SSSR count). The summed E-state index contributed by atoms with van der Waals surface area (Å²) in [6.07, 6.45) is 1.66. The summed E-state index contributed by atoms with van der Waals surface area (Å²) in [5.74, 6) is 0.738. The molecule has 0 saturated heterocycles. The van der Waals surface area contributed by atoms with E-state index in [0.717, 1.165) is 5.65 Å². The van der Waals surface area contributed by atoms with Gasteiger partial charge in [-0.05, 0) is 19.1 Å². The van der Waals surface area contributed by atoms with Crippen LogP contribution in [0.3, 0.4) is 0 Å². The second-order valence-electron chi connectivity index (χ2n) is 2.86. The first kappa shape index (κ1) is 8.49. The second-order valence-corrected chi connectivity index (χ2v) is 2.86. The highest BCUT2D eigenvalue weighted by atomic mass is 16.4. The molecule has 0 unspecified atom stereocenters. The highest BCUT2D eigenvalue weighted by Gasteiger charge is 2.03. The summed E-state index contributed by atoms with van der Waals surface area (Å²) in [7, 11) is 0. The van der Waals surface area contributed by atoms with E-state index in [1.165, 1.54) is 0 Å². The van der Waals surface area contributed by atoms with Gasteiger partial charge in [0, 0.05) is 11.8 Å². The number of aryl methyl sites for hydroxylation is 1. The van der Waals surface area contributed by atoms with Crippen LogP contribution in [0.5, 0.6) is 0 Å². The van der Waals surface area contributed by atoms with Crippen LogP contribution in [0.15, 0.2) is 23.5 Å². The molecule has 0 amide bonds. The molecular weight excluding hydrogens is 182 g/mol. The zero-order valence-corrected chi connectivity index (χ0v) is 7.55. The topological polar surface area (TPSA) is 88.8 Å². The molecule has 0 spiro atoms. The third-order valence-corrected chi connectivity index (χ3v) is 1.84. The molecular formula is C8H9N5O. The van der Waals surface area contributed by atoms with Crippen molar-refractivity contribution in [1.29, 1.82) is 0 Å². The fraction of sp³-hybridized carbons (Fsp3) is 0.125. The lowest BCUT2D eigenvalue weighted by atomic mass is 10.3. The Bertz CT molecular complexity index is 501. The summed E-state index contributed by atoms with van der Waals surface area (Å²) in [5.41, 5.74) is 6.77. The van der Waals surface area contributed by atoms with Crippen molar-refractivity contribution in [3.05, 3.63) is 29.7 Å². The van der Waals surface area contributed by atoms with Crippen LogP contribution < -0.4 is 5.73 Å². The summed E-state index contributed by atoms with van der Waals surface area (Å²) in [6.45, 7) is 1.80. The van der Waals surface area contributed by atoms with Crippen molar-refractivity contribution < 1.29 is 5.21 Å². The minimum atomic E-state index is 0.0556. The number of aromatic nitrogens is 3. The van der Waals surface area contributed by atoms with E-state index in [2.05, 4.69) is 15.2 Å². The van der Waals surface area contributed by atoms with Crippen molar-refractivity contribution in [2.45, 2.75) is 6.92 Å². The molecule has 2 heterocycles. The smallest absolute Gasteiger partial charge is 0.171 e. The van der Waals surface area contributed by atoms with E-state index >= 15 is 0 Å². The molecule has 0 fully saturated rings. The Hall–Kier alpha value is -2.11. The van der Waals surface area contributed by atoms with Gasteiger partial charge in [0.25, 0.3) is 0 Å². The van der Waals surface area contributed by atoms with Crippen LogP contribution in [0.25, 0.3) is 5.65 Å². The Kier molecular flexibility index (Phi) is 1.81. The molecule has 14 heavy (non-hydrogen) atoms. The summed E-state index contributed by atoms with van der Waals surface area (Å²) in [4.78, 5) is 4.15. The minimum absolute atomic E-state index is 0.0556. The number of rotatable bonds is 1. The van der Waals surface area contributed by atoms with Crippen molar-refractivity contribution >= 4 is 11.5 Å². The highest BCUT2D eigenvalue weighted by Crippen LogP contribution is 2.04. The van der Waals surface area contributed by atoms with E-state index in [1.54, 1.807) is 29.8 Å². The summed E-state index contributed by atoms with van der Waals surface area (Å²) in [6, 6.07) is 3.48. The molecule has 0 aliphatic rings. The summed E-state index contributed by atoms with van der Waals surface area (Å²) in [5, 5.41) is 15.5. The quantitative estimate of drug-likeness (QED) is 0.290. The number of pyridine rings is 1. The molecule has 2 aromatic heterocycles. The van der Waals surface area contributed by atoms with Gasteiger partial charge in [0.2, 0.25) is 0 Å². The maximum atomic E-state index is 8.48. The predicted molar refractivity (Wildman–Crippen MR) is 50.2 cm³/mol. The standard InChI is InChI=1S/C8H9N5O/c1-5-10-7-3-2-6(8(9)12-14)4-13(7)11-5/h2-4,14H,1H3,(H2,9,12). The second kappa shape index (κ2) is 2.99. The lowest BCUT2D eigenvalue weighted by Gasteiger charge is -1.97. The van der Waals surface area contributed by atoms with E-state index in [1.807, 2.05) is 0 Å². The van der Waals surface area contributed by atoms with Crippen molar-refractivity contribution in [3.8, 4) is 0 Å². The van der Waals surface area contributed by atoms with Gasteiger partial charge in [0.15, 0.2) is 11.5 Å². The lowest BCUT2D eigenvalue weighted by molar-refractivity contribution is 0.318. The Morgan fingerprint density at radius 1 is 1.57 bits per heavy atom. The first-order valence-corrected chi connectivity index (χ1v) is 4.01. The number of hydrogen-bond donors (Lipinski definition) is 2. The largest absolute Gasteiger partial charge is 0.409 e. The van der Waals surface area contributed by atoms with Crippen molar-refractivity contribution in [2.75, 3.05) is 0 Å². The van der Waals surface area contributed by atoms with Gasteiger partial charge in [-0.1, -0.05) is 5.16 Å². The van der Waals surface area contributed by atoms with Crippen LogP contribution in [0.4, 0.5) is 0 Å². The van der Waals surface area contributed by atoms with Gasteiger partial charge in [-0.3, -0.25) is 0 Å². The molecule has 0 aliphatic heterocycles. The van der Waals surface area contributed by atoms with Gasteiger partial charge < -0.3 is 10.9 Å². The van der Waals surface area contributed by atoms with E-state index in [4.69, 9.17) is 10.9 Å². The summed E-state index contributed by atoms with van der Waals surface area (Å²) >= 11 is 0. The van der Waals surface area contributed by atoms with Crippen LogP contribution in [0, 0.1) is 6.92 Å². The Labute approximate surface area is 79.7 Å².